The molecule has 0 fully saturated rings. The van der Waals surface area contributed by atoms with Crippen molar-refractivity contribution in [1.82, 2.24) is 0 Å². The van der Waals surface area contributed by atoms with Gasteiger partial charge in [0.25, 0.3) is 0 Å². The van der Waals surface area contributed by atoms with E-state index in [-0.39, 0.29) is 24.7 Å². The molecule has 132 valence electrons. The Kier molecular flexibility index (Phi) is 7.11. The molecule has 0 unspecified atom stereocenters. The number of hydrogen-bond donors (Lipinski definition) is 1. The zero-order valence-electron chi connectivity index (χ0n) is 13.6. The molecule has 2 aromatic rings. The van der Waals surface area contributed by atoms with E-state index < -0.39 is 6.36 Å². The Labute approximate surface area is 146 Å². The average Bonchev–Trinajstić information content (AvgIpc) is 2.46. The van der Waals surface area contributed by atoms with E-state index in [9.17, 15) is 13.2 Å². The summed E-state index contributed by atoms with van der Waals surface area (Å²) in [5.74, 6) is 0.305. The van der Waals surface area contributed by atoms with E-state index in [0.717, 1.165) is 17.5 Å². The molecule has 0 bridgehead atoms. The number of halogens is 4. The van der Waals surface area contributed by atoms with Gasteiger partial charge in [0.1, 0.15) is 5.75 Å². The number of hydrogen-bond acceptors (Lipinski definition) is 2. The maximum Gasteiger partial charge on any atom is 0.573 e. The first-order valence-electron chi connectivity index (χ1n) is 7.46. The fourth-order valence-electron chi connectivity index (χ4n) is 2.49. The van der Waals surface area contributed by atoms with Crippen LogP contribution in [0.15, 0.2) is 42.5 Å². The fourth-order valence-corrected chi connectivity index (χ4v) is 2.49. The minimum absolute atomic E-state index is 0. The highest BCUT2D eigenvalue weighted by Gasteiger charge is 2.31. The molecule has 0 saturated heterocycles. The van der Waals surface area contributed by atoms with Gasteiger partial charge in [-0.2, -0.15) is 0 Å². The number of nitrogens with two attached hydrogens (primary N) is 1. The summed E-state index contributed by atoms with van der Waals surface area (Å²) < 4.78 is 41.2. The first-order valence-corrected chi connectivity index (χ1v) is 7.46. The van der Waals surface area contributed by atoms with Crippen molar-refractivity contribution in [3.63, 3.8) is 0 Å². The third-order valence-electron chi connectivity index (χ3n) is 3.44. The van der Waals surface area contributed by atoms with Crippen molar-refractivity contribution in [2.24, 2.45) is 11.7 Å². The second kappa shape index (κ2) is 8.40. The monoisotopic (exact) mass is 359 g/mol. The molecule has 2 N–H and O–H groups in total. The van der Waals surface area contributed by atoms with Gasteiger partial charge in [-0.3, -0.25) is 0 Å². The van der Waals surface area contributed by atoms with Crippen molar-refractivity contribution in [3.8, 4) is 16.9 Å². The van der Waals surface area contributed by atoms with Gasteiger partial charge in [-0.25, -0.2) is 0 Å². The van der Waals surface area contributed by atoms with E-state index in [1.54, 1.807) is 6.07 Å². The second-order valence-corrected chi connectivity index (χ2v) is 5.87. The SMILES string of the molecule is CC(C)Cc1ccc(-c2cc(OC(F)(F)F)ccc2CN)cc1.Cl. The molecule has 0 saturated carbocycles. The summed E-state index contributed by atoms with van der Waals surface area (Å²) >= 11 is 0. The topological polar surface area (TPSA) is 35.2 Å². The molecule has 2 rings (SSSR count). The lowest BCUT2D eigenvalue weighted by Crippen LogP contribution is -2.17. The quantitative estimate of drug-likeness (QED) is 0.783. The first kappa shape index (κ1) is 20.3. The lowest BCUT2D eigenvalue weighted by molar-refractivity contribution is -0.274. The summed E-state index contributed by atoms with van der Waals surface area (Å²) in [5, 5.41) is 0. The predicted molar refractivity (Wildman–Crippen MR) is 92.2 cm³/mol. The molecular formula is C18H21ClF3NO. The van der Waals surface area contributed by atoms with Gasteiger partial charge in [0, 0.05) is 6.54 Å². The summed E-state index contributed by atoms with van der Waals surface area (Å²) in [4.78, 5) is 0. The molecular weight excluding hydrogens is 339 g/mol. The molecule has 0 heterocycles. The van der Waals surface area contributed by atoms with Crippen molar-refractivity contribution in [1.29, 1.82) is 0 Å². The Morgan fingerprint density at radius 3 is 2.17 bits per heavy atom. The van der Waals surface area contributed by atoms with E-state index in [0.29, 0.717) is 11.5 Å². The van der Waals surface area contributed by atoms with Crippen LogP contribution in [0.25, 0.3) is 11.1 Å². The number of benzene rings is 2. The predicted octanol–water partition coefficient (Wildman–Crippen LogP) is 5.33. The van der Waals surface area contributed by atoms with Gasteiger partial charge >= 0.3 is 6.36 Å². The highest BCUT2D eigenvalue weighted by atomic mass is 35.5. The minimum atomic E-state index is -4.71. The van der Waals surface area contributed by atoms with Gasteiger partial charge in [0.15, 0.2) is 0 Å². The Balaban J connectivity index is 0.00000288. The van der Waals surface area contributed by atoms with Crippen LogP contribution in [0.5, 0.6) is 5.75 Å². The number of alkyl halides is 3. The third-order valence-corrected chi connectivity index (χ3v) is 3.44. The van der Waals surface area contributed by atoms with Gasteiger partial charge in [-0.15, -0.1) is 25.6 Å². The van der Waals surface area contributed by atoms with Crippen LogP contribution in [0.1, 0.15) is 25.0 Å². The van der Waals surface area contributed by atoms with Gasteiger partial charge < -0.3 is 10.5 Å². The Hall–Kier alpha value is -1.72. The summed E-state index contributed by atoms with van der Waals surface area (Å²) in [6.07, 6.45) is -3.75. The van der Waals surface area contributed by atoms with Crippen LogP contribution in [0.4, 0.5) is 13.2 Å². The Morgan fingerprint density at radius 1 is 1.04 bits per heavy atom. The first-order chi connectivity index (χ1) is 10.8. The zero-order chi connectivity index (χ0) is 17.0. The minimum Gasteiger partial charge on any atom is -0.406 e. The Bertz CT molecular complexity index is 654. The van der Waals surface area contributed by atoms with E-state index in [4.69, 9.17) is 5.73 Å². The number of rotatable bonds is 5. The van der Waals surface area contributed by atoms with E-state index in [1.807, 2.05) is 24.3 Å². The molecule has 6 heteroatoms. The van der Waals surface area contributed by atoms with Crippen LogP contribution in [0.2, 0.25) is 0 Å². The van der Waals surface area contributed by atoms with Crippen LogP contribution in [0.3, 0.4) is 0 Å². The van der Waals surface area contributed by atoms with Crippen molar-refractivity contribution in [3.05, 3.63) is 53.6 Å². The number of ether oxygens (including phenoxy) is 1. The van der Waals surface area contributed by atoms with Crippen molar-refractivity contribution in [2.75, 3.05) is 0 Å². The largest absolute Gasteiger partial charge is 0.573 e. The summed E-state index contributed by atoms with van der Waals surface area (Å²) in [7, 11) is 0. The molecule has 2 aromatic carbocycles. The highest BCUT2D eigenvalue weighted by molar-refractivity contribution is 5.85. The van der Waals surface area contributed by atoms with Crippen molar-refractivity contribution in [2.45, 2.75) is 33.2 Å². The second-order valence-electron chi connectivity index (χ2n) is 5.87. The van der Waals surface area contributed by atoms with Crippen LogP contribution in [-0.2, 0) is 13.0 Å². The zero-order valence-corrected chi connectivity index (χ0v) is 14.4. The van der Waals surface area contributed by atoms with E-state index in [1.165, 1.54) is 17.7 Å². The molecule has 0 aliphatic carbocycles. The molecule has 0 aliphatic heterocycles. The molecule has 0 spiro atoms. The molecule has 2 nitrogen and oxygen atoms in total. The van der Waals surface area contributed by atoms with Crippen LogP contribution >= 0.6 is 12.4 Å². The van der Waals surface area contributed by atoms with Gasteiger partial charge in [0.2, 0.25) is 0 Å². The molecule has 0 atom stereocenters. The van der Waals surface area contributed by atoms with Crippen LogP contribution in [-0.4, -0.2) is 6.36 Å². The average molecular weight is 360 g/mol. The smallest absolute Gasteiger partial charge is 0.406 e. The normalized spacial score (nSPS) is 11.3. The molecule has 0 aromatic heterocycles. The lowest BCUT2D eigenvalue weighted by atomic mass is 9.96. The van der Waals surface area contributed by atoms with Gasteiger partial charge in [-0.05, 0) is 46.7 Å². The van der Waals surface area contributed by atoms with Crippen LogP contribution in [0, 0.1) is 5.92 Å². The standard InChI is InChI=1S/C18H20F3NO.ClH/c1-12(2)9-13-3-5-14(6-4-13)17-10-16(23-18(19,20)21)8-7-15(17)11-22;/h3-8,10,12H,9,11,22H2,1-2H3;1H. The molecule has 24 heavy (non-hydrogen) atoms. The lowest BCUT2D eigenvalue weighted by Gasteiger charge is -2.14. The maximum absolute atomic E-state index is 12.4. The summed E-state index contributed by atoms with van der Waals surface area (Å²) in [6.45, 7) is 4.52. The van der Waals surface area contributed by atoms with E-state index >= 15 is 0 Å². The van der Waals surface area contributed by atoms with E-state index in [2.05, 4.69) is 18.6 Å². The third kappa shape index (κ3) is 5.73. The van der Waals surface area contributed by atoms with Crippen molar-refractivity contribution >= 4 is 12.4 Å². The van der Waals surface area contributed by atoms with Gasteiger partial charge in [0.05, 0.1) is 0 Å². The summed E-state index contributed by atoms with van der Waals surface area (Å²) in [5.41, 5.74) is 9.15. The highest BCUT2D eigenvalue weighted by Crippen LogP contribution is 2.31. The fraction of sp³-hybridized carbons (Fsp3) is 0.333. The summed E-state index contributed by atoms with van der Waals surface area (Å²) in [6, 6.07) is 12.0. The van der Waals surface area contributed by atoms with Gasteiger partial charge in [-0.1, -0.05) is 44.2 Å². The molecule has 0 aliphatic rings. The molecule has 0 amide bonds. The van der Waals surface area contributed by atoms with Crippen molar-refractivity contribution < 1.29 is 17.9 Å². The maximum atomic E-state index is 12.4. The van der Waals surface area contributed by atoms with Crippen LogP contribution < -0.4 is 10.5 Å². The molecule has 0 radical (unpaired) electrons. The Morgan fingerprint density at radius 2 is 1.67 bits per heavy atom.